The van der Waals surface area contributed by atoms with Crippen LogP contribution in [0.4, 0.5) is 16.5 Å². The van der Waals surface area contributed by atoms with Gasteiger partial charge >= 0.3 is 17.7 Å². The summed E-state index contributed by atoms with van der Waals surface area (Å²) < 4.78 is 22.8. The van der Waals surface area contributed by atoms with Crippen LogP contribution < -0.4 is 21.0 Å². The number of halogens is 2. The van der Waals surface area contributed by atoms with Crippen LogP contribution in [-0.2, 0) is 20.7 Å². The Kier molecular flexibility index (Phi) is 9.26. The van der Waals surface area contributed by atoms with Crippen molar-refractivity contribution in [3.05, 3.63) is 53.0 Å². The largest absolute Gasteiger partial charge is 0.495 e. The predicted molar refractivity (Wildman–Crippen MR) is 156 cm³/mol. The topological polar surface area (TPSA) is 129 Å². The first kappa shape index (κ1) is 28.9. The summed E-state index contributed by atoms with van der Waals surface area (Å²) in [7, 11) is 2.88. The van der Waals surface area contributed by atoms with E-state index in [1.807, 2.05) is 12.1 Å². The van der Waals surface area contributed by atoms with Gasteiger partial charge in [0.1, 0.15) is 17.4 Å². The number of methoxy groups -OCH3 is 2. The van der Waals surface area contributed by atoms with Crippen molar-refractivity contribution in [3.8, 4) is 5.75 Å². The minimum Gasteiger partial charge on any atom is -0.495 e. The van der Waals surface area contributed by atoms with E-state index in [1.54, 1.807) is 46.9 Å². The molecule has 0 saturated carbocycles. The summed E-state index contributed by atoms with van der Waals surface area (Å²) in [5.74, 6) is 0.212. The number of carbonyl (C=O) groups is 2. The van der Waals surface area contributed by atoms with Gasteiger partial charge in [0.25, 0.3) is 6.01 Å². The van der Waals surface area contributed by atoms with Gasteiger partial charge in [0.05, 0.1) is 32.3 Å². The minimum atomic E-state index is -0.868. The summed E-state index contributed by atoms with van der Waals surface area (Å²) in [5, 5.41) is 5.74. The van der Waals surface area contributed by atoms with Crippen LogP contribution in [0.25, 0.3) is 10.9 Å². The number of carbonyl (C=O) groups excluding carboxylic acids is 2. The molecule has 3 aromatic rings. The van der Waals surface area contributed by atoms with Gasteiger partial charge in [-0.25, -0.2) is 14.4 Å². The van der Waals surface area contributed by atoms with Crippen molar-refractivity contribution in [3.63, 3.8) is 0 Å². The maximum Gasteiger partial charge on any atom is 0.412 e. The van der Waals surface area contributed by atoms with Crippen LogP contribution in [0.3, 0.4) is 0 Å². The standard InChI is InChI=1S/C25H27I2N3O7/c1-12-16(30-24(33)37-25(2,3)4)7-8-17-19(12)22(32)36-23(28-17)29-18(21(31)35-6)11-13-9-14(26)20(34-5)15(27)10-13/h7-10,18H,11H2,1-6H3,(H,28,29)(H,30,33)/t18-/m0/s1. The number of ether oxygens (including phenoxy) is 3. The van der Waals surface area contributed by atoms with Crippen molar-refractivity contribution in [2.45, 2.75) is 45.8 Å². The molecule has 12 heteroatoms. The van der Waals surface area contributed by atoms with Crippen molar-refractivity contribution < 1.29 is 28.2 Å². The average Bonchev–Trinajstić information content (AvgIpc) is 2.78. The molecule has 0 saturated heterocycles. The fourth-order valence-corrected chi connectivity index (χ4v) is 5.91. The summed E-state index contributed by atoms with van der Waals surface area (Å²) in [6.45, 7) is 6.94. The van der Waals surface area contributed by atoms with Crippen LogP contribution in [0.1, 0.15) is 31.9 Å². The third-order valence-electron chi connectivity index (χ3n) is 5.18. The summed E-state index contributed by atoms with van der Waals surface area (Å²) in [6, 6.07) is 6.03. The molecular weight excluding hydrogens is 708 g/mol. The summed E-state index contributed by atoms with van der Waals surface area (Å²) in [4.78, 5) is 42.0. The molecule has 2 aromatic carbocycles. The Morgan fingerprint density at radius 3 is 2.35 bits per heavy atom. The number of amides is 1. The Balaban J connectivity index is 1.90. The zero-order valence-corrected chi connectivity index (χ0v) is 25.5. The number of rotatable bonds is 7. The van der Waals surface area contributed by atoms with Crippen LogP contribution >= 0.6 is 45.2 Å². The molecule has 0 aliphatic heterocycles. The van der Waals surface area contributed by atoms with Gasteiger partial charge in [0.2, 0.25) is 0 Å². The maximum atomic E-state index is 12.9. The van der Waals surface area contributed by atoms with Gasteiger partial charge in [-0.05, 0) is 108 Å². The van der Waals surface area contributed by atoms with E-state index in [-0.39, 0.29) is 17.8 Å². The Morgan fingerprint density at radius 1 is 1.14 bits per heavy atom. The quantitative estimate of drug-likeness (QED) is 0.247. The van der Waals surface area contributed by atoms with Gasteiger partial charge in [-0.3, -0.25) is 5.32 Å². The van der Waals surface area contributed by atoms with E-state index in [0.29, 0.717) is 16.8 Å². The number of anilines is 2. The number of nitrogens with one attached hydrogen (secondary N) is 2. The molecule has 0 aliphatic carbocycles. The normalized spacial score (nSPS) is 12.1. The van der Waals surface area contributed by atoms with E-state index in [9.17, 15) is 14.4 Å². The molecule has 1 aromatic heterocycles. The highest BCUT2D eigenvalue weighted by atomic mass is 127. The summed E-state index contributed by atoms with van der Waals surface area (Å²) >= 11 is 4.34. The van der Waals surface area contributed by atoms with Crippen LogP contribution in [0, 0.1) is 14.1 Å². The first-order chi connectivity index (χ1) is 17.3. The lowest BCUT2D eigenvalue weighted by atomic mass is 10.1. The molecule has 0 unspecified atom stereocenters. The molecule has 1 atom stereocenters. The number of hydrogen-bond donors (Lipinski definition) is 2. The number of nitrogens with zero attached hydrogens (tertiary/aromatic N) is 1. The van der Waals surface area contributed by atoms with E-state index in [0.717, 1.165) is 18.5 Å². The number of benzene rings is 2. The highest BCUT2D eigenvalue weighted by Gasteiger charge is 2.24. The lowest BCUT2D eigenvalue weighted by Crippen LogP contribution is -2.33. The Hall–Kier alpha value is -2.62. The molecule has 0 spiro atoms. The Morgan fingerprint density at radius 2 is 1.78 bits per heavy atom. The summed E-state index contributed by atoms with van der Waals surface area (Å²) in [5.41, 5.74) is 0.720. The van der Waals surface area contributed by atoms with Crippen molar-refractivity contribution in [2.75, 3.05) is 24.9 Å². The van der Waals surface area contributed by atoms with Gasteiger partial charge in [0, 0.05) is 12.1 Å². The molecule has 0 aliphatic rings. The molecule has 2 N–H and O–H groups in total. The van der Waals surface area contributed by atoms with Crippen molar-refractivity contribution in [1.29, 1.82) is 0 Å². The molecule has 10 nitrogen and oxygen atoms in total. The first-order valence-electron chi connectivity index (χ1n) is 11.1. The molecule has 37 heavy (non-hydrogen) atoms. The number of aryl methyl sites for hydroxylation is 1. The van der Waals surface area contributed by atoms with Crippen molar-refractivity contribution in [1.82, 2.24) is 4.98 Å². The van der Waals surface area contributed by atoms with Crippen LogP contribution in [-0.4, -0.2) is 42.9 Å². The van der Waals surface area contributed by atoms with Gasteiger partial charge in [-0.2, -0.15) is 4.98 Å². The number of aromatic nitrogens is 1. The zero-order chi connectivity index (χ0) is 27.5. The fraction of sp³-hybridized carbons (Fsp3) is 0.360. The maximum absolute atomic E-state index is 12.9. The minimum absolute atomic E-state index is 0.127. The Labute approximate surface area is 241 Å². The lowest BCUT2D eigenvalue weighted by molar-refractivity contribution is -0.141. The molecule has 1 amide bonds. The van der Waals surface area contributed by atoms with Gasteiger partial charge in [0.15, 0.2) is 0 Å². The number of hydrogen-bond acceptors (Lipinski definition) is 9. The van der Waals surface area contributed by atoms with Crippen molar-refractivity contribution >= 4 is 79.8 Å². The second kappa shape index (κ2) is 11.8. The third-order valence-corrected chi connectivity index (χ3v) is 6.78. The van der Waals surface area contributed by atoms with Gasteiger partial charge < -0.3 is 23.9 Å². The van der Waals surface area contributed by atoms with Crippen LogP contribution in [0.2, 0.25) is 0 Å². The SMILES string of the molecule is COC(=O)[C@H](Cc1cc(I)c(OC)c(I)c1)Nc1nc2ccc(NC(=O)OC(C)(C)C)c(C)c2c(=O)o1. The van der Waals surface area contributed by atoms with Crippen LogP contribution in [0.5, 0.6) is 5.75 Å². The average molecular weight is 735 g/mol. The second-order valence-electron chi connectivity index (χ2n) is 9.08. The third kappa shape index (κ3) is 7.24. The predicted octanol–water partition coefficient (Wildman–Crippen LogP) is 5.26. The van der Waals surface area contributed by atoms with Crippen molar-refractivity contribution in [2.24, 2.45) is 0 Å². The number of esters is 1. The molecule has 3 rings (SSSR count). The van der Waals surface area contributed by atoms with Gasteiger partial charge in [-0.1, -0.05) is 0 Å². The van der Waals surface area contributed by atoms with E-state index in [4.69, 9.17) is 18.6 Å². The molecular formula is C25H27I2N3O7. The first-order valence-corrected chi connectivity index (χ1v) is 13.3. The molecule has 0 fully saturated rings. The molecule has 198 valence electrons. The smallest absolute Gasteiger partial charge is 0.412 e. The van der Waals surface area contributed by atoms with E-state index >= 15 is 0 Å². The zero-order valence-electron chi connectivity index (χ0n) is 21.2. The highest BCUT2D eigenvalue weighted by molar-refractivity contribution is 14.1. The second-order valence-corrected chi connectivity index (χ2v) is 11.4. The highest BCUT2D eigenvalue weighted by Crippen LogP contribution is 2.29. The monoisotopic (exact) mass is 735 g/mol. The van der Waals surface area contributed by atoms with E-state index < -0.39 is 29.3 Å². The Bertz CT molecular complexity index is 1380. The van der Waals surface area contributed by atoms with E-state index in [1.165, 1.54) is 7.11 Å². The molecule has 0 bridgehead atoms. The van der Waals surface area contributed by atoms with Crippen LogP contribution in [0.15, 0.2) is 33.5 Å². The molecule has 1 heterocycles. The fourth-order valence-electron chi connectivity index (χ4n) is 3.58. The number of fused-ring (bicyclic) bond motifs is 1. The lowest BCUT2D eigenvalue weighted by Gasteiger charge is -2.20. The summed E-state index contributed by atoms with van der Waals surface area (Å²) in [6.07, 6.45) is -0.390. The molecule has 0 radical (unpaired) electrons. The van der Waals surface area contributed by atoms with E-state index in [2.05, 4.69) is 60.8 Å². The van der Waals surface area contributed by atoms with Gasteiger partial charge in [-0.15, -0.1) is 0 Å².